The minimum atomic E-state index is -4.40. The first-order valence-corrected chi connectivity index (χ1v) is 12.0. The highest BCUT2D eigenvalue weighted by molar-refractivity contribution is 7.19. The second-order valence-electron chi connectivity index (χ2n) is 7.99. The zero-order valence-electron chi connectivity index (χ0n) is 17.9. The Morgan fingerprint density at radius 2 is 1.85 bits per heavy atom. The van der Waals surface area contributed by atoms with Crippen LogP contribution in [0.4, 0.5) is 18.9 Å². The van der Waals surface area contributed by atoms with Crippen LogP contribution >= 0.6 is 22.9 Å². The third-order valence-electron chi connectivity index (χ3n) is 5.60. The third kappa shape index (κ3) is 4.93. The summed E-state index contributed by atoms with van der Waals surface area (Å²) in [6.45, 7) is 0.176. The van der Waals surface area contributed by atoms with Crippen molar-refractivity contribution in [3.8, 4) is 5.75 Å². The highest BCUT2D eigenvalue weighted by Crippen LogP contribution is 2.38. The quantitative estimate of drug-likeness (QED) is 0.209. The molecule has 34 heavy (non-hydrogen) atoms. The zero-order chi connectivity index (χ0) is 23.7. The number of aromatic nitrogens is 2. The summed E-state index contributed by atoms with van der Waals surface area (Å²) in [6, 6.07) is 12.0. The fourth-order valence-corrected chi connectivity index (χ4v) is 5.57. The van der Waals surface area contributed by atoms with Crippen LogP contribution < -0.4 is 4.74 Å². The number of hydrogen-bond donors (Lipinski definition) is 0. The van der Waals surface area contributed by atoms with Gasteiger partial charge in [0.05, 0.1) is 16.6 Å². The Morgan fingerprint density at radius 3 is 2.65 bits per heavy atom. The van der Waals surface area contributed by atoms with Gasteiger partial charge in [0.15, 0.2) is 5.82 Å². The summed E-state index contributed by atoms with van der Waals surface area (Å²) in [6.07, 6.45) is 1.57. The van der Waals surface area contributed by atoms with Gasteiger partial charge in [-0.25, -0.2) is 9.97 Å². The molecule has 2 heterocycles. The number of ether oxygens (including phenoxy) is 1. The molecule has 2 aromatic heterocycles. The molecule has 0 spiro atoms. The number of nitrogens with zero attached hydrogens (tertiary/aromatic N) is 3. The molecule has 0 radical (unpaired) electrons. The zero-order valence-corrected chi connectivity index (χ0v) is 19.5. The van der Waals surface area contributed by atoms with E-state index >= 15 is 0 Å². The monoisotopic (exact) mass is 501 g/mol. The number of fused-ring (bicyclic) bond motifs is 3. The molecular formula is C25H19ClF3N3OS. The van der Waals surface area contributed by atoms with Crippen LogP contribution in [-0.4, -0.2) is 16.2 Å². The molecule has 1 aliphatic rings. The SMILES string of the molecule is FC(F)(F)c1cccc(N=Cc2ccc(OCc3nc(Cl)c4c5c(sc4n3)CCCC5)cc2)c1. The van der Waals surface area contributed by atoms with Crippen LogP contribution in [0.15, 0.2) is 53.5 Å². The van der Waals surface area contributed by atoms with Gasteiger partial charge in [-0.15, -0.1) is 11.3 Å². The first-order chi connectivity index (χ1) is 16.4. The molecule has 174 valence electrons. The molecule has 0 saturated carbocycles. The van der Waals surface area contributed by atoms with Crippen molar-refractivity contribution in [3.05, 3.63) is 81.1 Å². The molecule has 2 aromatic carbocycles. The summed E-state index contributed by atoms with van der Waals surface area (Å²) in [5.41, 5.74) is 1.53. The average molecular weight is 502 g/mol. The summed E-state index contributed by atoms with van der Waals surface area (Å²) in [5.74, 6) is 1.13. The number of thiophene rings is 1. The van der Waals surface area contributed by atoms with Crippen LogP contribution in [0, 0.1) is 0 Å². The van der Waals surface area contributed by atoms with E-state index in [9.17, 15) is 13.2 Å². The largest absolute Gasteiger partial charge is 0.486 e. The lowest BCUT2D eigenvalue weighted by Gasteiger charge is -2.10. The lowest BCUT2D eigenvalue weighted by molar-refractivity contribution is -0.137. The summed E-state index contributed by atoms with van der Waals surface area (Å²) in [5, 5.41) is 1.46. The smallest absolute Gasteiger partial charge is 0.416 e. The maximum Gasteiger partial charge on any atom is 0.416 e. The molecule has 5 rings (SSSR count). The average Bonchev–Trinajstić information content (AvgIpc) is 3.21. The van der Waals surface area contributed by atoms with E-state index in [1.807, 2.05) is 0 Å². The van der Waals surface area contributed by atoms with Gasteiger partial charge in [-0.2, -0.15) is 13.2 Å². The van der Waals surface area contributed by atoms with E-state index in [0.29, 0.717) is 16.7 Å². The van der Waals surface area contributed by atoms with Gasteiger partial charge in [-0.05, 0) is 79.3 Å². The Morgan fingerprint density at radius 1 is 1.06 bits per heavy atom. The molecule has 0 unspecified atom stereocenters. The van der Waals surface area contributed by atoms with Gasteiger partial charge >= 0.3 is 6.18 Å². The van der Waals surface area contributed by atoms with Gasteiger partial charge in [0, 0.05) is 11.1 Å². The summed E-state index contributed by atoms with van der Waals surface area (Å²) < 4.78 is 44.3. The van der Waals surface area contributed by atoms with Gasteiger partial charge in [-0.3, -0.25) is 4.99 Å². The van der Waals surface area contributed by atoms with E-state index in [0.717, 1.165) is 40.8 Å². The topological polar surface area (TPSA) is 47.4 Å². The van der Waals surface area contributed by atoms with Crippen LogP contribution in [0.1, 0.15) is 40.2 Å². The maximum atomic E-state index is 12.8. The molecule has 0 saturated heterocycles. The molecule has 9 heteroatoms. The normalized spacial score (nSPS) is 14.0. The Hall–Kier alpha value is -2.97. The second kappa shape index (κ2) is 9.35. The van der Waals surface area contributed by atoms with Crippen molar-refractivity contribution in [1.29, 1.82) is 0 Å². The van der Waals surface area contributed by atoms with Gasteiger partial charge in [0.1, 0.15) is 22.3 Å². The van der Waals surface area contributed by atoms with E-state index in [-0.39, 0.29) is 12.3 Å². The second-order valence-corrected chi connectivity index (χ2v) is 9.43. The van der Waals surface area contributed by atoms with Crippen molar-refractivity contribution in [2.45, 2.75) is 38.5 Å². The molecule has 4 aromatic rings. The number of aryl methyl sites for hydroxylation is 2. The molecule has 0 N–H and O–H groups in total. The number of benzene rings is 2. The van der Waals surface area contributed by atoms with Crippen LogP contribution in [0.5, 0.6) is 5.75 Å². The van der Waals surface area contributed by atoms with Crippen LogP contribution in [-0.2, 0) is 25.6 Å². The van der Waals surface area contributed by atoms with Crippen molar-refractivity contribution in [2.75, 3.05) is 0 Å². The van der Waals surface area contributed by atoms with E-state index in [1.165, 1.54) is 41.6 Å². The van der Waals surface area contributed by atoms with Crippen molar-refractivity contribution in [2.24, 2.45) is 4.99 Å². The first-order valence-electron chi connectivity index (χ1n) is 10.8. The number of halogens is 4. The summed E-state index contributed by atoms with van der Waals surface area (Å²) in [7, 11) is 0. The van der Waals surface area contributed by atoms with E-state index in [2.05, 4.69) is 15.0 Å². The first kappa shape index (κ1) is 22.8. The van der Waals surface area contributed by atoms with Gasteiger partial charge in [-0.1, -0.05) is 17.7 Å². The fraction of sp³-hybridized carbons (Fsp3) is 0.240. The Labute approximate surface area is 203 Å². The highest BCUT2D eigenvalue weighted by atomic mass is 35.5. The van der Waals surface area contributed by atoms with E-state index in [1.54, 1.807) is 35.6 Å². The minimum Gasteiger partial charge on any atom is -0.486 e. The number of alkyl halides is 3. The number of aliphatic imine (C=N–C) groups is 1. The molecule has 0 aliphatic heterocycles. The van der Waals surface area contributed by atoms with Crippen LogP contribution in [0.2, 0.25) is 5.15 Å². The molecule has 0 amide bonds. The van der Waals surface area contributed by atoms with Crippen LogP contribution in [0.3, 0.4) is 0 Å². The number of rotatable bonds is 5. The fourth-order valence-electron chi connectivity index (χ4n) is 3.93. The number of hydrogen-bond acceptors (Lipinski definition) is 5. The maximum absolute atomic E-state index is 12.8. The standard InChI is InChI=1S/C25H19ClF3N3OS/c26-23-22-19-6-1-2-7-20(19)34-24(22)32-21(31-23)14-33-18-10-8-15(9-11-18)13-30-17-5-3-4-16(12-17)25(27,28)29/h3-5,8-13H,1-2,6-7,14H2. The minimum absolute atomic E-state index is 0.176. The van der Waals surface area contributed by atoms with Crippen molar-refractivity contribution in [1.82, 2.24) is 9.97 Å². The lowest BCUT2D eigenvalue weighted by Crippen LogP contribution is -2.03. The summed E-state index contributed by atoms with van der Waals surface area (Å²) >= 11 is 8.18. The molecular weight excluding hydrogens is 483 g/mol. The van der Waals surface area contributed by atoms with E-state index < -0.39 is 11.7 Å². The summed E-state index contributed by atoms with van der Waals surface area (Å²) in [4.78, 5) is 15.5. The predicted octanol–water partition coefficient (Wildman–Crippen LogP) is 7.57. The third-order valence-corrected chi connectivity index (χ3v) is 7.06. The predicted molar refractivity (Wildman–Crippen MR) is 129 cm³/mol. The Balaban J connectivity index is 1.25. The lowest BCUT2D eigenvalue weighted by atomic mass is 9.97. The molecule has 1 aliphatic carbocycles. The molecule has 0 atom stereocenters. The van der Waals surface area contributed by atoms with Gasteiger partial charge < -0.3 is 4.74 Å². The van der Waals surface area contributed by atoms with Crippen molar-refractivity contribution < 1.29 is 17.9 Å². The molecule has 0 fully saturated rings. The van der Waals surface area contributed by atoms with Gasteiger partial charge in [0.25, 0.3) is 0 Å². The Kier molecular flexibility index (Phi) is 6.27. The van der Waals surface area contributed by atoms with Crippen LogP contribution in [0.25, 0.3) is 10.2 Å². The van der Waals surface area contributed by atoms with Crippen molar-refractivity contribution >= 4 is 45.1 Å². The van der Waals surface area contributed by atoms with Gasteiger partial charge in [0.2, 0.25) is 0 Å². The van der Waals surface area contributed by atoms with Crippen molar-refractivity contribution in [3.63, 3.8) is 0 Å². The molecule has 4 nitrogen and oxygen atoms in total. The van der Waals surface area contributed by atoms with E-state index in [4.69, 9.17) is 16.3 Å². The Bertz CT molecular complexity index is 1370. The highest BCUT2D eigenvalue weighted by Gasteiger charge is 2.30. The molecule has 0 bridgehead atoms.